The number of aliphatic hydroxyl groups is 1. The molecule has 0 bridgehead atoms. The first-order valence-corrected chi connectivity index (χ1v) is 8.00. The van der Waals surface area contributed by atoms with Gasteiger partial charge < -0.3 is 5.11 Å². The molecule has 116 valence electrons. The van der Waals surface area contributed by atoms with Crippen LogP contribution < -0.4 is 4.90 Å². The molecule has 1 amide bonds. The van der Waals surface area contributed by atoms with Crippen molar-refractivity contribution in [3.63, 3.8) is 0 Å². The maximum absolute atomic E-state index is 12.7. The predicted molar refractivity (Wildman–Crippen MR) is 95.2 cm³/mol. The minimum absolute atomic E-state index is 0.0129. The monoisotopic (exact) mass is 324 g/mol. The van der Waals surface area contributed by atoms with Crippen LogP contribution in [0.4, 0.5) is 5.69 Å². The minimum atomic E-state index is -0.0759. The summed E-state index contributed by atoms with van der Waals surface area (Å²) in [6.45, 7) is 0.0129. The lowest BCUT2D eigenvalue weighted by atomic mass is 10.1. The molecule has 0 spiro atoms. The highest BCUT2D eigenvalue weighted by Crippen LogP contribution is 2.35. The van der Waals surface area contributed by atoms with Gasteiger partial charge in [0.1, 0.15) is 0 Å². The smallest absolute Gasteiger partial charge is 0.271 e. The van der Waals surface area contributed by atoms with Crippen LogP contribution in [0.5, 0.6) is 0 Å². The first-order chi connectivity index (χ1) is 11.2. The Balaban J connectivity index is 1.93. The summed E-state index contributed by atoms with van der Waals surface area (Å²) in [5.41, 5.74) is 2.58. The van der Waals surface area contributed by atoms with E-state index in [0.717, 1.165) is 16.8 Å². The molecule has 2 aromatic carbocycles. The van der Waals surface area contributed by atoms with Crippen LogP contribution in [0.15, 0.2) is 64.5 Å². The van der Waals surface area contributed by atoms with Crippen molar-refractivity contribution >= 4 is 34.6 Å². The van der Waals surface area contributed by atoms with Gasteiger partial charge in [0, 0.05) is 7.05 Å². The van der Waals surface area contributed by atoms with Crippen molar-refractivity contribution in [2.24, 2.45) is 4.99 Å². The van der Waals surface area contributed by atoms with Gasteiger partial charge in [0.2, 0.25) is 0 Å². The lowest BCUT2D eigenvalue weighted by Crippen LogP contribution is -2.28. The van der Waals surface area contributed by atoms with Gasteiger partial charge in [-0.25, -0.2) is 0 Å². The molecule has 4 nitrogen and oxygen atoms in total. The third-order valence-electron chi connectivity index (χ3n) is 3.47. The lowest BCUT2D eigenvalue weighted by molar-refractivity contribution is -0.113. The number of thioether (sulfide) groups is 1. The number of aliphatic hydroxyl groups excluding tert-OH is 1. The number of benzene rings is 2. The Morgan fingerprint density at radius 3 is 2.43 bits per heavy atom. The van der Waals surface area contributed by atoms with E-state index in [0.29, 0.717) is 10.1 Å². The number of nitrogens with zero attached hydrogens (tertiary/aromatic N) is 2. The molecule has 0 radical (unpaired) electrons. The Kier molecular flexibility index (Phi) is 4.60. The second-order valence-corrected chi connectivity index (χ2v) is 6.00. The number of hydrogen-bond acceptors (Lipinski definition) is 4. The summed E-state index contributed by atoms with van der Waals surface area (Å²) < 4.78 is 0. The summed E-state index contributed by atoms with van der Waals surface area (Å²) in [7, 11) is 1.69. The van der Waals surface area contributed by atoms with Crippen molar-refractivity contribution in [3.05, 3.63) is 70.6 Å². The van der Waals surface area contributed by atoms with Crippen LogP contribution in [-0.2, 0) is 11.4 Å². The van der Waals surface area contributed by atoms with Crippen molar-refractivity contribution in [1.82, 2.24) is 0 Å². The second kappa shape index (κ2) is 6.81. The van der Waals surface area contributed by atoms with Crippen molar-refractivity contribution in [2.45, 2.75) is 6.61 Å². The summed E-state index contributed by atoms with van der Waals surface area (Å²) in [6.07, 6.45) is 1.85. The zero-order chi connectivity index (χ0) is 16.2. The molecule has 1 aliphatic heterocycles. The fraction of sp³-hybridized carbons (Fsp3) is 0.111. The van der Waals surface area contributed by atoms with E-state index in [-0.39, 0.29) is 12.5 Å². The minimum Gasteiger partial charge on any atom is -0.392 e. The van der Waals surface area contributed by atoms with Crippen molar-refractivity contribution < 1.29 is 9.90 Å². The molecule has 0 unspecified atom stereocenters. The Morgan fingerprint density at radius 2 is 1.83 bits per heavy atom. The van der Waals surface area contributed by atoms with Crippen LogP contribution in [0, 0.1) is 0 Å². The zero-order valence-electron chi connectivity index (χ0n) is 12.6. The third kappa shape index (κ3) is 3.21. The average Bonchev–Trinajstić information content (AvgIpc) is 2.92. The molecule has 0 aromatic heterocycles. The van der Waals surface area contributed by atoms with E-state index < -0.39 is 0 Å². The zero-order valence-corrected chi connectivity index (χ0v) is 13.5. The van der Waals surface area contributed by atoms with Gasteiger partial charge in [0.15, 0.2) is 5.17 Å². The van der Waals surface area contributed by atoms with E-state index >= 15 is 0 Å². The van der Waals surface area contributed by atoms with Crippen molar-refractivity contribution in [3.8, 4) is 0 Å². The first kappa shape index (κ1) is 15.5. The first-order valence-electron chi connectivity index (χ1n) is 7.18. The van der Waals surface area contributed by atoms with Crippen LogP contribution in [0.1, 0.15) is 11.1 Å². The van der Waals surface area contributed by atoms with Gasteiger partial charge in [0.05, 0.1) is 17.2 Å². The molecule has 0 saturated carbocycles. The number of amides is 1. The fourth-order valence-corrected chi connectivity index (χ4v) is 3.24. The maximum atomic E-state index is 12.7. The highest BCUT2D eigenvalue weighted by atomic mass is 32.2. The molecule has 2 aromatic rings. The molecule has 1 aliphatic rings. The van der Waals surface area contributed by atoms with Gasteiger partial charge >= 0.3 is 0 Å². The van der Waals surface area contributed by atoms with Gasteiger partial charge in [0.25, 0.3) is 5.91 Å². The number of carbonyl (C=O) groups excluding carboxylic acids is 1. The molecule has 1 N–H and O–H groups in total. The molecule has 1 fully saturated rings. The quantitative estimate of drug-likeness (QED) is 0.882. The predicted octanol–water partition coefficient (Wildman–Crippen LogP) is 3.29. The summed E-state index contributed by atoms with van der Waals surface area (Å²) in [5.74, 6) is -0.0759. The van der Waals surface area contributed by atoms with Gasteiger partial charge in [-0.15, -0.1) is 0 Å². The lowest BCUT2D eigenvalue weighted by Gasteiger charge is -2.14. The summed E-state index contributed by atoms with van der Waals surface area (Å²) in [5, 5.41) is 9.75. The van der Waals surface area contributed by atoms with Crippen LogP contribution in [0.2, 0.25) is 0 Å². The van der Waals surface area contributed by atoms with Gasteiger partial charge in [-0.05, 0) is 41.1 Å². The van der Waals surface area contributed by atoms with Crippen LogP contribution in [0.25, 0.3) is 6.08 Å². The fourth-order valence-electron chi connectivity index (χ4n) is 2.30. The highest BCUT2D eigenvalue weighted by Gasteiger charge is 2.33. The highest BCUT2D eigenvalue weighted by molar-refractivity contribution is 8.19. The number of anilines is 1. The Hall–Kier alpha value is -2.37. The summed E-state index contributed by atoms with van der Waals surface area (Å²) in [6, 6.07) is 17.0. The van der Waals surface area contributed by atoms with E-state index in [1.165, 1.54) is 11.8 Å². The van der Waals surface area contributed by atoms with E-state index in [4.69, 9.17) is 5.11 Å². The summed E-state index contributed by atoms with van der Waals surface area (Å²) >= 11 is 1.36. The average molecular weight is 324 g/mol. The van der Waals surface area contributed by atoms with E-state index in [2.05, 4.69) is 4.99 Å². The number of para-hydroxylation sites is 1. The van der Waals surface area contributed by atoms with Crippen LogP contribution >= 0.6 is 11.8 Å². The Bertz CT molecular complexity index is 767. The van der Waals surface area contributed by atoms with E-state index in [1.54, 1.807) is 11.9 Å². The number of carbonyl (C=O) groups is 1. The second-order valence-electron chi connectivity index (χ2n) is 4.99. The molecule has 0 aliphatic carbocycles. The van der Waals surface area contributed by atoms with E-state index in [9.17, 15) is 4.79 Å². The largest absolute Gasteiger partial charge is 0.392 e. The number of rotatable bonds is 3. The molecule has 3 rings (SSSR count). The van der Waals surface area contributed by atoms with Crippen LogP contribution in [-0.4, -0.2) is 23.2 Å². The molecule has 1 saturated heterocycles. The normalized spacial score (nSPS) is 18.2. The third-order valence-corrected chi connectivity index (χ3v) is 4.53. The van der Waals surface area contributed by atoms with Crippen molar-refractivity contribution in [1.29, 1.82) is 0 Å². The number of hydrogen-bond donors (Lipinski definition) is 1. The van der Waals surface area contributed by atoms with E-state index in [1.807, 2.05) is 60.7 Å². The maximum Gasteiger partial charge on any atom is 0.271 e. The van der Waals surface area contributed by atoms with Gasteiger partial charge in [-0.1, -0.05) is 42.5 Å². The molecule has 0 atom stereocenters. The molecule has 1 heterocycles. The number of amidine groups is 1. The standard InChI is InChI=1S/C18H16N2O2S/c1-19-18-20(15-5-3-2-4-6-15)17(22)16(23-18)11-13-7-9-14(12-21)10-8-13/h2-11,21H,12H2,1H3/b16-11-,19-18?. The van der Waals surface area contributed by atoms with Gasteiger partial charge in [-0.2, -0.15) is 0 Å². The molecular weight excluding hydrogens is 308 g/mol. The Morgan fingerprint density at radius 1 is 1.13 bits per heavy atom. The van der Waals surface area contributed by atoms with Crippen LogP contribution in [0.3, 0.4) is 0 Å². The molecule has 23 heavy (non-hydrogen) atoms. The number of aliphatic imine (C=N–C) groups is 1. The SMILES string of the molecule is CN=C1S/C(=C\c2ccc(CO)cc2)C(=O)N1c1ccccc1. The van der Waals surface area contributed by atoms with Crippen molar-refractivity contribution in [2.75, 3.05) is 11.9 Å². The molecular formula is C18H16N2O2S. The Labute approximate surface area is 139 Å². The van der Waals surface area contributed by atoms with Gasteiger partial charge in [-0.3, -0.25) is 14.7 Å². The summed E-state index contributed by atoms with van der Waals surface area (Å²) in [4.78, 5) is 19.2. The topological polar surface area (TPSA) is 52.9 Å². The molecule has 5 heteroatoms.